The normalized spacial score (nSPS) is 16.5. The molecule has 0 radical (unpaired) electrons. The lowest BCUT2D eigenvalue weighted by atomic mass is 10.3. The highest BCUT2D eigenvalue weighted by atomic mass is 32.2. The number of methoxy groups -OCH3 is 1. The van der Waals surface area contributed by atoms with Gasteiger partial charge in [0.2, 0.25) is 0 Å². The Bertz CT molecular complexity index is 380. The molecular formula is C5H7F4NO6S. The van der Waals surface area contributed by atoms with Gasteiger partial charge in [0, 0.05) is 7.11 Å². The molecule has 17 heavy (non-hydrogen) atoms. The third kappa shape index (κ3) is 4.05. The second-order valence-corrected chi connectivity index (χ2v) is 4.38. The first-order valence-electron chi connectivity index (χ1n) is 3.74. The molecule has 1 atom stereocenters. The van der Waals surface area contributed by atoms with Crippen molar-refractivity contribution in [3.63, 3.8) is 0 Å². The molecule has 0 aliphatic heterocycles. The summed E-state index contributed by atoms with van der Waals surface area (Å²) in [4.78, 5) is 8.54. The van der Waals surface area contributed by atoms with Gasteiger partial charge in [0.15, 0.2) is 13.2 Å². The Morgan fingerprint density at radius 1 is 1.24 bits per heavy atom. The molecule has 0 saturated carbocycles. The van der Waals surface area contributed by atoms with Gasteiger partial charge < -0.3 is 4.74 Å². The van der Waals surface area contributed by atoms with Crippen molar-refractivity contribution in [3.05, 3.63) is 10.1 Å². The number of nitro groups is 1. The lowest BCUT2D eigenvalue weighted by Gasteiger charge is -2.16. The van der Waals surface area contributed by atoms with Crippen molar-refractivity contribution < 1.29 is 39.8 Å². The SMILES string of the molecule is COCC(F)(COS(=O)(=O)C(F)(F)F)[N+](=O)[O-]. The van der Waals surface area contributed by atoms with E-state index in [1.165, 1.54) is 0 Å². The van der Waals surface area contributed by atoms with Gasteiger partial charge in [-0.3, -0.25) is 14.3 Å². The average molecular weight is 285 g/mol. The molecule has 0 heterocycles. The van der Waals surface area contributed by atoms with Crippen molar-refractivity contribution in [3.8, 4) is 0 Å². The van der Waals surface area contributed by atoms with Crippen molar-refractivity contribution in [2.45, 2.75) is 11.3 Å². The number of alkyl halides is 4. The van der Waals surface area contributed by atoms with Crippen LogP contribution in [0.1, 0.15) is 0 Å². The highest BCUT2D eigenvalue weighted by Crippen LogP contribution is 2.26. The summed E-state index contributed by atoms with van der Waals surface area (Å²) in [5, 5.41) is 10.2. The fourth-order valence-corrected chi connectivity index (χ4v) is 1.07. The number of rotatable bonds is 6. The molecule has 0 aliphatic rings. The first-order valence-corrected chi connectivity index (χ1v) is 5.15. The van der Waals surface area contributed by atoms with Crippen LogP contribution in [0, 0.1) is 10.1 Å². The molecule has 0 aromatic rings. The van der Waals surface area contributed by atoms with Crippen molar-refractivity contribution >= 4 is 10.1 Å². The van der Waals surface area contributed by atoms with E-state index in [9.17, 15) is 36.1 Å². The van der Waals surface area contributed by atoms with E-state index in [1.807, 2.05) is 0 Å². The molecular weight excluding hydrogens is 278 g/mol. The van der Waals surface area contributed by atoms with Crippen LogP contribution in [-0.4, -0.2) is 45.0 Å². The topological polar surface area (TPSA) is 95.7 Å². The standard InChI is InChI=1S/C5H7F4NO6S/c1-15-2-4(6,10(11)12)3-16-17(13,14)5(7,8)9/h2-3H2,1H3. The van der Waals surface area contributed by atoms with E-state index in [-0.39, 0.29) is 0 Å². The van der Waals surface area contributed by atoms with Gasteiger partial charge in [-0.15, -0.1) is 0 Å². The van der Waals surface area contributed by atoms with E-state index < -0.39 is 39.6 Å². The summed E-state index contributed by atoms with van der Waals surface area (Å²) in [6.07, 6.45) is 0. The maximum Gasteiger partial charge on any atom is 0.523 e. The monoisotopic (exact) mass is 285 g/mol. The van der Waals surface area contributed by atoms with E-state index in [1.54, 1.807) is 0 Å². The number of halogens is 4. The first kappa shape index (κ1) is 16.0. The van der Waals surface area contributed by atoms with Crippen LogP contribution in [0.2, 0.25) is 0 Å². The molecule has 0 aromatic carbocycles. The lowest BCUT2D eigenvalue weighted by Crippen LogP contribution is -2.44. The summed E-state index contributed by atoms with van der Waals surface area (Å²) in [5.74, 6) is -3.58. The number of hydrogen-bond acceptors (Lipinski definition) is 6. The van der Waals surface area contributed by atoms with Gasteiger partial charge in [0.05, 0.1) is 4.92 Å². The summed E-state index contributed by atoms with van der Waals surface area (Å²) in [6.45, 7) is -3.19. The van der Waals surface area contributed by atoms with E-state index in [4.69, 9.17) is 0 Å². The predicted molar refractivity (Wildman–Crippen MR) is 43.6 cm³/mol. The summed E-state index contributed by atoms with van der Waals surface area (Å²) >= 11 is 0. The van der Waals surface area contributed by atoms with Crippen LogP contribution in [0.25, 0.3) is 0 Å². The van der Waals surface area contributed by atoms with Gasteiger partial charge in [0.25, 0.3) is 0 Å². The molecule has 12 heteroatoms. The van der Waals surface area contributed by atoms with Crippen molar-refractivity contribution in [1.82, 2.24) is 0 Å². The molecule has 1 unspecified atom stereocenters. The minimum absolute atomic E-state index is 0.843. The van der Waals surface area contributed by atoms with Crippen LogP contribution >= 0.6 is 0 Å². The van der Waals surface area contributed by atoms with Gasteiger partial charge in [0.1, 0.15) is 0 Å². The van der Waals surface area contributed by atoms with E-state index >= 15 is 0 Å². The van der Waals surface area contributed by atoms with Crippen LogP contribution in [-0.2, 0) is 19.0 Å². The fourth-order valence-electron chi connectivity index (χ4n) is 0.603. The maximum atomic E-state index is 13.3. The minimum atomic E-state index is -6.08. The predicted octanol–water partition coefficient (Wildman–Crippen LogP) is 0.442. The van der Waals surface area contributed by atoms with E-state index in [0.717, 1.165) is 7.11 Å². The molecule has 0 amide bonds. The van der Waals surface area contributed by atoms with Crippen molar-refractivity contribution in [1.29, 1.82) is 0 Å². The van der Waals surface area contributed by atoms with Crippen molar-refractivity contribution in [2.75, 3.05) is 20.3 Å². The summed E-state index contributed by atoms with van der Waals surface area (Å²) in [7, 11) is -5.24. The van der Waals surface area contributed by atoms with E-state index in [2.05, 4.69) is 8.92 Å². The second kappa shape index (κ2) is 5.10. The Balaban J connectivity index is 4.81. The third-order valence-corrected chi connectivity index (χ3v) is 2.41. The van der Waals surface area contributed by atoms with Gasteiger partial charge >= 0.3 is 21.4 Å². The quantitative estimate of drug-likeness (QED) is 0.175. The fraction of sp³-hybridized carbons (Fsp3) is 1.00. The Morgan fingerprint density at radius 2 is 1.71 bits per heavy atom. The largest absolute Gasteiger partial charge is 0.523 e. The lowest BCUT2D eigenvalue weighted by molar-refractivity contribution is -0.611. The highest BCUT2D eigenvalue weighted by molar-refractivity contribution is 7.87. The smallest absolute Gasteiger partial charge is 0.374 e. The van der Waals surface area contributed by atoms with Gasteiger partial charge in [-0.2, -0.15) is 26.0 Å². The zero-order valence-electron chi connectivity index (χ0n) is 8.23. The number of ether oxygens (including phenoxy) is 1. The van der Waals surface area contributed by atoms with Gasteiger partial charge in [-0.25, -0.2) is 0 Å². The molecule has 0 bridgehead atoms. The minimum Gasteiger partial charge on any atom is -0.374 e. The summed E-state index contributed by atoms with van der Waals surface area (Å²) in [6, 6.07) is 0. The van der Waals surface area contributed by atoms with Gasteiger partial charge in [-0.05, 0) is 0 Å². The Hall–Kier alpha value is -1.01. The maximum absolute atomic E-state index is 13.3. The zero-order chi connectivity index (χ0) is 13.9. The van der Waals surface area contributed by atoms with Crippen LogP contribution in [0.3, 0.4) is 0 Å². The molecule has 0 saturated heterocycles. The summed E-state index contributed by atoms with van der Waals surface area (Å²) < 4.78 is 76.5. The molecule has 7 nitrogen and oxygen atoms in total. The second-order valence-electron chi connectivity index (χ2n) is 2.77. The molecule has 102 valence electrons. The van der Waals surface area contributed by atoms with Crippen molar-refractivity contribution in [2.24, 2.45) is 0 Å². The Labute approximate surface area is 92.6 Å². The van der Waals surface area contributed by atoms with Crippen LogP contribution in [0.4, 0.5) is 17.6 Å². The van der Waals surface area contributed by atoms with Crippen LogP contribution in [0.5, 0.6) is 0 Å². The average Bonchev–Trinajstić information content (AvgIpc) is 2.13. The Morgan fingerprint density at radius 3 is 2.00 bits per heavy atom. The third-order valence-electron chi connectivity index (χ3n) is 1.41. The zero-order valence-corrected chi connectivity index (χ0v) is 9.05. The molecule has 0 N–H and O–H groups in total. The molecule has 0 aromatic heterocycles. The molecule has 0 aliphatic carbocycles. The van der Waals surface area contributed by atoms with Crippen LogP contribution < -0.4 is 0 Å². The highest BCUT2D eigenvalue weighted by Gasteiger charge is 2.52. The number of hydrogen-bond donors (Lipinski definition) is 0. The Kier molecular flexibility index (Phi) is 4.79. The molecule has 0 rings (SSSR count). The van der Waals surface area contributed by atoms with Crippen LogP contribution in [0.15, 0.2) is 0 Å². The van der Waals surface area contributed by atoms with Gasteiger partial charge in [-0.1, -0.05) is 0 Å². The summed E-state index contributed by atoms with van der Waals surface area (Å²) in [5.41, 5.74) is -5.78. The number of nitrogens with zero attached hydrogens (tertiary/aromatic N) is 1. The molecule has 0 spiro atoms. The first-order chi connectivity index (χ1) is 7.46. The van der Waals surface area contributed by atoms with E-state index in [0.29, 0.717) is 0 Å². The molecule has 0 fully saturated rings.